The van der Waals surface area contributed by atoms with E-state index in [0.29, 0.717) is 17.8 Å². The van der Waals surface area contributed by atoms with Gasteiger partial charge in [0.05, 0.1) is 16.8 Å². The monoisotopic (exact) mass is 481 g/mol. The summed E-state index contributed by atoms with van der Waals surface area (Å²) in [4.78, 5) is 16.4. The molecule has 2 aromatic carbocycles. The van der Waals surface area contributed by atoms with Crippen molar-refractivity contribution in [3.05, 3.63) is 48.0 Å². The normalized spacial score (nSPS) is 15.7. The first-order valence-electron chi connectivity index (χ1n) is 10.1. The van der Waals surface area contributed by atoms with Crippen LogP contribution in [0, 0.1) is 17.6 Å². The molecule has 11 heteroatoms. The zero-order valence-corrected chi connectivity index (χ0v) is 18.8. The zero-order chi connectivity index (χ0) is 22.9. The van der Waals surface area contributed by atoms with Crippen LogP contribution in [-0.2, 0) is 14.8 Å². The molecule has 3 aromatic rings. The van der Waals surface area contributed by atoms with Gasteiger partial charge in [-0.1, -0.05) is 11.3 Å². The van der Waals surface area contributed by atoms with Crippen LogP contribution >= 0.6 is 11.3 Å². The minimum absolute atomic E-state index is 0.0356. The standard InChI is InChI=1S/C21H21F2N3O4S2/c1-2-30-15-4-6-17-18(12-15)31-21(24-17)25-20(27)13-7-9-26(10-8-13)32(28,29)19-11-14(22)3-5-16(19)23/h3-6,11-13H,2,7-10H2,1H3,(H,24,25,27). The largest absolute Gasteiger partial charge is 0.494 e. The number of carbonyl (C=O) groups is 1. The number of carbonyl (C=O) groups excluding carboxylic acids is 1. The first-order chi connectivity index (χ1) is 15.3. The summed E-state index contributed by atoms with van der Waals surface area (Å²) in [6, 6.07) is 7.83. The van der Waals surface area contributed by atoms with E-state index in [-0.39, 0.29) is 31.8 Å². The number of halogens is 2. The maximum absolute atomic E-state index is 14.0. The van der Waals surface area contributed by atoms with E-state index in [1.54, 1.807) is 0 Å². The highest BCUT2D eigenvalue weighted by Gasteiger charge is 2.34. The highest BCUT2D eigenvalue weighted by Crippen LogP contribution is 2.31. The molecule has 170 valence electrons. The summed E-state index contributed by atoms with van der Waals surface area (Å²) in [6.07, 6.45) is 0.531. The molecule has 7 nitrogen and oxygen atoms in total. The molecule has 1 fully saturated rings. The number of rotatable bonds is 6. The van der Waals surface area contributed by atoms with Crippen LogP contribution in [0.1, 0.15) is 19.8 Å². The summed E-state index contributed by atoms with van der Waals surface area (Å²) in [7, 11) is -4.18. The van der Waals surface area contributed by atoms with Crippen molar-refractivity contribution in [2.45, 2.75) is 24.7 Å². The Morgan fingerprint density at radius 2 is 1.97 bits per heavy atom. The maximum atomic E-state index is 14.0. The van der Waals surface area contributed by atoms with Gasteiger partial charge >= 0.3 is 0 Å². The van der Waals surface area contributed by atoms with Crippen LogP contribution in [0.4, 0.5) is 13.9 Å². The fourth-order valence-corrected chi connectivity index (χ4v) is 6.04. The number of ether oxygens (including phenoxy) is 1. The molecule has 1 amide bonds. The minimum Gasteiger partial charge on any atom is -0.494 e. The lowest BCUT2D eigenvalue weighted by molar-refractivity contribution is -0.120. The maximum Gasteiger partial charge on any atom is 0.246 e. The number of hydrogen-bond donors (Lipinski definition) is 1. The minimum atomic E-state index is -4.18. The van der Waals surface area contributed by atoms with Crippen LogP contribution in [0.3, 0.4) is 0 Å². The summed E-state index contributed by atoms with van der Waals surface area (Å²) in [5, 5.41) is 3.26. The zero-order valence-electron chi connectivity index (χ0n) is 17.2. The van der Waals surface area contributed by atoms with E-state index < -0.39 is 32.5 Å². The summed E-state index contributed by atoms with van der Waals surface area (Å²) in [5.41, 5.74) is 0.742. The molecule has 32 heavy (non-hydrogen) atoms. The summed E-state index contributed by atoms with van der Waals surface area (Å²) < 4.78 is 60.3. The van der Waals surface area contributed by atoms with Crippen molar-refractivity contribution in [3.8, 4) is 5.75 Å². The highest BCUT2D eigenvalue weighted by molar-refractivity contribution is 7.89. The molecule has 0 unspecified atom stereocenters. The predicted molar refractivity (Wildman–Crippen MR) is 117 cm³/mol. The SMILES string of the molecule is CCOc1ccc2nc(NC(=O)C3CCN(S(=O)(=O)c4cc(F)ccc4F)CC3)sc2c1. The van der Waals surface area contributed by atoms with Gasteiger partial charge in [-0.25, -0.2) is 22.2 Å². The fraction of sp³-hybridized carbons (Fsp3) is 0.333. The van der Waals surface area contributed by atoms with Gasteiger partial charge in [0.2, 0.25) is 15.9 Å². The van der Waals surface area contributed by atoms with E-state index in [1.807, 2.05) is 25.1 Å². The van der Waals surface area contributed by atoms with Crippen LogP contribution in [-0.4, -0.2) is 43.3 Å². The summed E-state index contributed by atoms with van der Waals surface area (Å²) in [6.45, 7) is 2.52. The second-order valence-electron chi connectivity index (χ2n) is 7.32. The number of amides is 1. The Morgan fingerprint density at radius 1 is 1.22 bits per heavy atom. The summed E-state index contributed by atoms with van der Waals surface area (Å²) in [5.74, 6) is -1.77. The Balaban J connectivity index is 1.40. The number of anilines is 1. The van der Waals surface area contributed by atoms with Crippen LogP contribution < -0.4 is 10.1 Å². The molecule has 0 saturated carbocycles. The molecule has 1 aromatic heterocycles. The molecular weight excluding hydrogens is 460 g/mol. The van der Waals surface area contributed by atoms with Gasteiger partial charge in [-0.3, -0.25) is 4.79 Å². The average molecular weight is 482 g/mol. The summed E-state index contributed by atoms with van der Waals surface area (Å²) >= 11 is 1.33. The third-order valence-electron chi connectivity index (χ3n) is 5.24. The number of nitrogens with zero attached hydrogens (tertiary/aromatic N) is 2. The molecule has 4 rings (SSSR count). The van der Waals surface area contributed by atoms with E-state index in [2.05, 4.69) is 10.3 Å². The van der Waals surface area contributed by atoms with Gasteiger partial charge in [-0.05, 0) is 56.2 Å². The van der Waals surface area contributed by atoms with Crippen molar-refractivity contribution in [2.75, 3.05) is 25.0 Å². The fourth-order valence-electron chi connectivity index (χ4n) is 3.59. The molecule has 0 radical (unpaired) electrons. The number of aromatic nitrogens is 1. The number of fused-ring (bicyclic) bond motifs is 1. The molecule has 1 N–H and O–H groups in total. The lowest BCUT2D eigenvalue weighted by Crippen LogP contribution is -2.41. The van der Waals surface area contributed by atoms with Crippen LogP contribution in [0.15, 0.2) is 41.3 Å². The Labute approximate surface area is 188 Å². The van der Waals surface area contributed by atoms with Crippen LogP contribution in [0.2, 0.25) is 0 Å². The van der Waals surface area contributed by atoms with Gasteiger partial charge < -0.3 is 10.1 Å². The first kappa shape index (κ1) is 22.6. The predicted octanol–water partition coefficient (Wildman–Crippen LogP) is 4.01. The number of piperidine rings is 1. The lowest BCUT2D eigenvalue weighted by atomic mass is 9.97. The average Bonchev–Trinajstić information content (AvgIpc) is 3.17. The molecule has 1 aliphatic rings. The van der Waals surface area contributed by atoms with Gasteiger partial charge in [0.1, 0.15) is 22.3 Å². The number of thiazole rings is 1. The van der Waals surface area contributed by atoms with Crippen molar-refractivity contribution in [2.24, 2.45) is 5.92 Å². The first-order valence-corrected chi connectivity index (χ1v) is 12.3. The molecule has 0 spiro atoms. The quantitative estimate of drug-likeness (QED) is 0.575. The smallest absolute Gasteiger partial charge is 0.246 e. The molecule has 2 heterocycles. The van der Waals surface area contributed by atoms with E-state index in [4.69, 9.17) is 4.74 Å². The number of sulfonamides is 1. The highest BCUT2D eigenvalue weighted by atomic mass is 32.2. The van der Waals surface area contributed by atoms with Crippen LogP contribution in [0.25, 0.3) is 10.2 Å². The molecule has 1 saturated heterocycles. The van der Waals surface area contributed by atoms with E-state index in [9.17, 15) is 22.0 Å². The van der Waals surface area contributed by atoms with Gasteiger partial charge in [0, 0.05) is 19.0 Å². The topological polar surface area (TPSA) is 88.6 Å². The Hall–Kier alpha value is -2.63. The van der Waals surface area contributed by atoms with E-state index in [1.165, 1.54) is 11.3 Å². The number of benzene rings is 2. The number of hydrogen-bond acceptors (Lipinski definition) is 6. The van der Waals surface area contributed by atoms with Gasteiger partial charge in [-0.15, -0.1) is 0 Å². The van der Waals surface area contributed by atoms with Crippen molar-refractivity contribution >= 4 is 42.6 Å². The molecule has 0 bridgehead atoms. The molecular formula is C21H21F2N3O4S2. The van der Waals surface area contributed by atoms with Gasteiger partial charge in [0.15, 0.2) is 5.13 Å². The Bertz CT molecular complexity index is 1260. The lowest BCUT2D eigenvalue weighted by Gasteiger charge is -2.30. The molecule has 0 atom stereocenters. The van der Waals surface area contributed by atoms with Crippen molar-refractivity contribution in [1.82, 2.24) is 9.29 Å². The third-order valence-corrected chi connectivity index (χ3v) is 8.08. The number of nitrogens with one attached hydrogen (secondary N) is 1. The van der Waals surface area contributed by atoms with Crippen molar-refractivity contribution < 1.29 is 26.7 Å². The Kier molecular flexibility index (Phi) is 6.40. The van der Waals surface area contributed by atoms with E-state index in [0.717, 1.165) is 32.4 Å². The van der Waals surface area contributed by atoms with Crippen molar-refractivity contribution in [3.63, 3.8) is 0 Å². The van der Waals surface area contributed by atoms with Gasteiger partial charge in [-0.2, -0.15) is 4.31 Å². The second-order valence-corrected chi connectivity index (χ2v) is 10.3. The molecule has 0 aliphatic carbocycles. The van der Waals surface area contributed by atoms with Crippen molar-refractivity contribution in [1.29, 1.82) is 0 Å². The van der Waals surface area contributed by atoms with Gasteiger partial charge in [0.25, 0.3) is 0 Å². The second kappa shape index (κ2) is 9.08. The Morgan fingerprint density at radius 3 is 2.69 bits per heavy atom. The van der Waals surface area contributed by atoms with Crippen LogP contribution in [0.5, 0.6) is 5.75 Å². The third kappa shape index (κ3) is 4.59. The molecule has 1 aliphatic heterocycles. The van der Waals surface area contributed by atoms with E-state index >= 15 is 0 Å².